The number of amidine groups is 1. The van der Waals surface area contributed by atoms with Gasteiger partial charge in [-0.25, -0.2) is 4.99 Å². The first-order valence-electron chi connectivity index (χ1n) is 5.39. The van der Waals surface area contributed by atoms with Crippen molar-refractivity contribution < 1.29 is 17.9 Å². The van der Waals surface area contributed by atoms with Crippen LogP contribution < -0.4 is 10.5 Å². The van der Waals surface area contributed by atoms with Gasteiger partial charge in [0.2, 0.25) is 0 Å². The van der Waals surface area contributed by atoms with Crippen LogP contribution in [0, 0.1) is 5.41 Å². The lowest BCUT2D eigenvalue weighted by Gasteiger charge is -2.17. The van der Waals surface area contributed by atoms with Crippen molar-refractivity contribution in [1.29, 1.82) is 0 Å². The molecule has 0 atom stereocenters. The Labute approximate surface area is 117 Å². The van der Waals surface area contributed by atoms with Crippen LogP contribution >= 0.6 is 15.9 Å². The molecule has 0 bridgehead atoms. The fraction of sp³-hybridized carbons (Fsp3) is 0.417. The van der Waals surface area contributed by atoms with E-state index in [9.17, 15) is 13.2 Å². The molecule has 0 saturated heterocycles. The molecular weight excluding hydrogens is 325 g/mol. The third-order valence-corrected chi connectivity index (χ3v) is 2.78. The summed E-state index contributed by atoms with van der Waals surface area (Å²) < 4.78 is 40.3. The monoisotopic (exact) mass is 338 g/mol. The summed E-state index contributed by atoms with van der Waals surface area (Å²) in [7, 11) is 0. The lowest BCUT2D eigenvalue weighted by atomic mass is 9.95. The van der Waals surface area contributed by atoms with Crippen LogP contribution in [0.25, 0.3) is 0 Å². The number of alkyl halides is 3. The number of nitrogens with two attached hydrogens (primary N) is 1. The van der Waals surface area contributed by atoms with Gasteiger partial charge in [0.1, 0.15) is 11.6 Å². The Morgan fingerprint density at radius 1 is 1.26 bits per heavy atom. The molecule has 106 valence electrons. The molecule has 0 heterocycles. The van der Waals surface area contributed by atoms with Gasteiger partial charge in [-0.3, -0.25) is 0 Å². The number of rotatable bonds is 2. The van der Waals surface area contributed by atoms with Gasteiger partial charge in [0.05, 0.1) is 10.2 Å². The van der Waals surface area contributed by atoms with Gasteiger partial charge in [-0.05, 0) is 34.1 Å². The lowest BCUT2D eigenvalue weighted by Crippen LogP contribution is -2.28. The fourth-order valence-corrected chi connectivity index (χ4v) is 1.52. The quantitative estimate of drug-likeness (QED) is 0.642. The van der Waals surface area contributed by atoms with Gasteiger partial charge < -0.3 is 10.5 Å². The number of halogens is 4. The van der Waals surface area contributed by atoms with Crippen LogP contribution in [0.2, 0.25) is 0 Å². The average Bonchev–Trinajstić information content (AvgIpc) is 2.19. The number of hydrogen-bond donors (Lipinski definition) is 1. The number of aliphatic imine (C=N–C) groups is 1. The third kappa shape index (κ3) is 5.10. The summed E-state index contributed by atoms with van der Waals surface area (Å²) in [6, 6.07) is 4.01. The van der Waals surface area contributed by atoms with Crippen molar-refractivity contribution in [2.75, 3.05) is 0 Å². The maximum atomic E-state index is 12.1. The number of ether oxygens (including phenoxy) is 1. The van der Waals surface area contributed by atoms with Crippen molar-refractivity contribution in [2.24, 2.45) is 16.1 Å². The summed E-state index contributed by atoms with van der Waals surface area (Å²) in [6.07, 6.45) is -4.72. The topological polar surface area (TPSA) is 47.6 Å². The van der Waals surface area contributed by atoms with Crippen LogP contribution in [0.4, 0.5) is 18.9 Å². The standard InChI is InChI=1S/C12H14BrF3N2O/c1-11(2,3)10(17)18-7-4-5-9(8(13)6-7)19-12(14,15)16/h4-6H,1-3H3,(H2,17,18). The first-order chi connectivity index (χ1) is 8.49. The molecule has 0 aliphatic rings. The first kappa shape index (κ1) is 15.8. The number of hydrogen-bond acceptors (Lipinski definition) is 2. The summed E-state index contributed by atoms with van der Waals surface area (Å²) in [5.41, 5.74) is 5.94. The van der Waals surface area contributed by atoms with Gasteiger partial charge in [0.15, 0.2) is 0 Å². The minimum Gasteiger partial charge on any atom is -0.405 e. The SMILES string of the molecule is CC(C)(C)C(N)=Nc1ccc(OC(F)(F)F)c(Br)c1. The number of nitrogens with zero attached hydrogens (tertiary/aromatic N) is 1. The molecule has 1 aromatic rings. The van der Waals surface area contributed by atoms with E-state index in [4.69, 9.17) is 5.73 Å². The molecule has 0 radical (unpaired) electrons. The molecule has 1 rings (SSSR count). The zero-order valence-corrected chi connectivity index (χ0v) is 12.3. The molecule has 0 fully saturated rings. The maximum absolute atomic E-state index is 12.1. The molecular formula is C12H14BrF3N2O. The third-order valence-electron chi connectivity index (χ3n) is 2.16. The Hall–Kier alpha value is -1.24. The van der Waals surface area contributed by atoms with E-state index in [2.05, 4.69) is 25.7 Å². The lowest BCUT2D eigenvalue weighted by molar-refractivity contribution is -0.274. The van der Waals surface area contributed by atoms with Crippen molar-refractivity contribution in [3.05, 3.63) is 22.7 Å². The maximum Gasteiger partial charge on any atom is 0.573 e. The zero-order chi connectivity index (χ0) is 14.8. The molecule has 19 heavy (non-hydrogen) atoms. The highest BCUT2D eigenvalue weighted by atomic mass is 79.9. The van der Waals surface area contributed by atoms with Crippen molar-refractivity contribution in [3.8, 4) is 5.75 Å². The van der Waals surface area contributed by atoms with Crippen LogP contribution in [-0.4, -0.2) is 12.2 Å². The Morgan fingerprint density at radius 2 is 1.84 bits per heavy atom. The van der Waals surface area contributed by atoms with Gasteiger partial charge in [0, 0.05) is 5.41 Å². The van der Waals surface area contributed by atoms with Crippen LogP contribution in [0.1, 0.15) is 20.8 Å². The summed E-state index contributed by atoms with van der Waals surface area (Å²) in [6.45, 7) is 5.67. The minimum absolute atomic E-state index is 0.160. The predicted molar refractivity (Wildman–Crippen MR) is 71.6 cm³/mol. The van der Waals surface area contributed by atoms with Crippen molar-refractivity contribution in [2.45, 2.75) is 27.1 Å². The molecule has 0 spiro atoms. The van der Waals surface area contributed by atoms with Crippen molar-refractivity contribution in [3.63, 3.8) is 0 Å². The summed E-state index contributed by atoms with van der Waals surface area (Å²) >= 11 is 3.01. The molecule has 0 unspecified atom stereocenters. The van der Waals surface area contributed by atoms with E-state index in [1.165, 1.54) is 18.2 Å². The Kier molecular flexibility index (Phi) is 4.50. The highest BCUT2D eigenvalue weighted by molar-refractivity contribution is 9.10. The molecule has 2 N–H and O–H groups in total. The second-order valence-electron chi connectivity index (χ2n) is 4.91. The largest absolute Gasteiger partial charge is 0.573 e. The predicted octanol–water partition coefficient (Wildman–Crippen LogP) is 4.38. The first-order valence-corrected chi connectivity index (χ1v) is 6.18. The molecule has 7 heteroatoms. The second-order valence-corrected chi connectivity index (χ2v) is 5.76. The molecule has 0 aliphatic heterocycles. The highest BCUT2D eigenvalue weighted by Crippen LogP contribution is 2.33. The summed E-state index contributed by atoms with van der Waals surface area (Å²) in [4.78, 5) is 4.16. The Morgan fingerprint density at radius 3 is 2.26 bits per heavy atom. The minimum atomic E-state index is -4.72. The van der Waals surface area contributed by atoms with Gasteiger partial charge in [-0.1, -0.05) is 20.8 Å². The van der Waals surface area contributed by atoms with Crippen molar-refractivity contribution in [1.82, 2.24) is 0 Å². The Bertz CT molecular complexity index is 493. The van der Waals surface area contributed by atoms with E-state index in [1.54, 1.807) is 0 Å². The van der Waals surface area contributed by atoms with Gasteiger partial charge in [-0.2, -0.15) is 0 Å². The van der Waals surface area contributed by atoms with E-state index in [-0.39, 0.29) is 15.6 Å². The Balaban J connectivity index is 3.01. The normalized spacial score (nSPS) is 13.5. The van der Waals surface area contributed by atoms with Crippen LogP contribution in [0.3, 0.4) is 0 Å². The summed E-state index contributed by atoms with van der Waals surface area (Å²) in [5, 5.41) is 0. The van der Waals surface area contributed by atoms with E-state index in [1.807, 2.05) is 20.8 Å². The highest BCUT2D eigenvalue weighted by Gasteiger charge is 2.31. The van der Waals surface area contributed by atoms with E-state index >= 15 is 0 Å². The molecule has 1 aromatic carbocycles. The van der Waals surface area contributed by atoms with Crippen molar-refractivity contribution >= 4 is 27.5 Å². The molecule has 3 nitrogen and oxygen atoms in total. The molecule has 0 aliphatic carbocycles. The van der Waals surface area contributed by atoms with Gasteiger partial charge in [0.25, 0.3) is 0 Å². The second kappa shape index (κ2) is 5.40. The fourth-order valence-electron chi connectivity index (χ4n) is 1.07. The van der Waals surface area contributed by atoms with E-state index in [0.717, 1.165) is 0 Å². The van der Waals surface area contributed by atoms with Gasteiger partial charge in [-0.15, -0.1) is 13.2 Å². The molecule has 0 aromatic heterocycles. The molecule has 0 saturated carbocycles. The van der Waals surface area contributed by atoms with Crippen LogP contribution in [-0.2, 0) is 0 Å². The van der Waals surface area contributed by atoms with E-state index < -0.39 is 6.36 Å². The smallest absolute Gasteiger partial charge is 0.405 e. The average molecular weight is 339 g/mol. The summed E-state index contributed by atoms with van der Waals surface area (Å²) in [5.74, 6) is 0.0738. The van der Waals surface area contributed by atoms with Crippen LogP contribution in [0.15, 0.2) is 27.7 Å². The van der Waals surface area contributed by atoms with E-state index in [0.29, 0.717) is 11.5 Å². The van der Waals surface area contributed by atoms with Gasteiger partial charge >= 0.3 is 6.36 Å². The zero-order valence-electron chi connectivity index (χ0n) is 10.7. The van der Waals surface area contributed by atoms with Crippen LogP contribution in [0.5, 0.6) is 5.75 Å². The molecule has 0 amide bonds. The number of benzene rings is 1.